The molecule has 0 fully saturated rings. The van der Waals surface area contributed by atoms with Crippen molar-refractivity contribution in [3.05, 3.63) is 60.5 Å². The van der Waals surface area contributed by atoms with E-state index in [1.807, 2.05) is 0 Å². The van der Waals surface area contributed by atoms with Crippen molar-refractivity contribution in [3.63, 3.8) is 0 Å². The summed E-state index contributed by atoms with van der Waals surface area (Å²) in [6.07, 6.45) is 0. The molecule has 0 bridgehead atoms. The van der Waals surface area contributed by atoms with Crippen LogP contribution in [0.25, 0.3) is 11.1 Å². The van der Waals surface area contributed by atoms with Crippen LogP contribution in [0.4, 0.5) is 5.69 Å². The maximum Gasteiger partial charge on any atom is 0.278 e. The molecule has 0 saturated carbocycles. The predicted octanol–water partition coefficient (Wildman–Crippen LogP) is 2.89. The lowest BCUT2D eigenvalue weighted by Gasteiger charge is -2.06. The average molecular weight is 334 g/mol. The van der Waals surface area contributed by atoms with E-state index in [-0.39, 0.29) is 22.4 Å². The highest BCUT2D eigenvalue weighted by Crippen LogP contribution is 2.33. The number of aryl methyl sites for hydroxylation is 1. The lowest BCUT2D eigenvalue weighted by Crippen LogP contribution is -2.13. The van der Waals surface area contributed by atoms with Gasteiger partial charge in [0.15, 0.2) is 0 Å². The number of hydrogen-bond acceptors (Lipinski definition) is 4. The summed E-state index contributed by atoms with van der Waals surface area (Å²) in [7, 11) is 0. The third-order valence-corrected chi connectivity index (χ3v) is 3.22. The van der Waals surface area contributed by atoms with Crippen molar-refractivity contribution in [3.8, 4) is 17.2 Å². The Bertz CT molecular complexity index is 805. The fourth-order valence-electron chi connectivity index (χ4n) is 1.90. The summed E-state index contributed by atoms with van der Waals surface area (Å²) in [5, 5.41) is 20.2. The second kappa shape index (κ2) is 5.27. The van der Waals surface area contributed by atoms with Gasteiger partial charge in [-0.15, -0.1) is 0 Å². The van der Waals surface area contributed by atoms with Crippen LogP contribution in [0.2, 0.25) is 0 Å². The number of benzene rings is 1. The van der Waals surface area contributed by atoms with Gasteiger partial charge in [0.25, 0.3) is 11.2 Å². The summed E-state index contributed by atoms with van der Waals surface area (Å²) in [6, 6.07) is 7.82. The molecule has 1 aromatic heterocycles. The lowest BCUT2D eigenvalue weighted by atomic mass is 9.99. The van der Waals surface area contributed by atoms with Gasteiger partial charge < -0.3 is 4.98 Å². The first kappa shape index (κ1) is 14.0. The van der Waals surface area contributed by atoms with Crippen molar-refractivity contribution in [2.45, 2.75) is 6.92 Å². The van der Waals surface area contributed by atoms with Crippen molar-refractivity contribution in [1.82, 2.24) is 4.98 Å². The third kappa shape index (κ3) is 2.46. The van der Waals surface area contributed by atoms with Gasteiger partial charge in [0.05, 0.1) is 10.5 Å². The van der Waals surface area contributed by atoms with Crippen LogP contribution in [-0.4, -0.2) is 9.91 Å². The van der Waals surface area contributed by atoms with Crippen LogP contribution in [0.1, 0.15) is 11.3 Å². The molecular weight excluding hydrogens is 326 g/mol. The zero-order chi connectivity index (χ0) is 14.9. The van der Waals surface area contributed by atoms with E-state index in [4.69, 9.17) is 5.26 Å². The minimum atomic E-state index is -0.556. The van der Waals surface area contributed by atoms with Gasteiger partial charge in [-0.25, -0.2) is 0 Å². The molecule has 0 aliphatic carbocycles. The van der Waals surface area contributed by atoms with Gasteiger partial charge in [-0.1, -0.05) is 15.9 Å². The van der Waals surface area contributed by atoms with Gasteiger partial charge in [-0.3, -0.25) is 14.9 Å². The SMILES string of the molecule is Cc1cc(-c2ccc(Br)cc2[N+](=O)[O-])c(C#N)c(=O)[nH]1. The summed E-state index contributed by atoms with van der Waals surface area (Å²) in [6.45, 7) is 1.65. The summed E-state index contributed by atoms with van der Waals surface area (Å²) in [4.78, 5) is 24.8. The van der Waals surface area contributed by atoms with E-state index in [2.05, 4.69) is 20.9 Å². The molecule has 0 atom stereocenters. The van der Waals surface area contributed by atoms with Crippen molar-refractivity contribution in [2.24, 2.45) is 0 Å². The first-order valence-electron chi connectivity index (χ1n) is 5.52. The molecule has 100 valence electrons. The molecule has 1 N–H and O–H groups in total. The highest BCUT2D eigenvalue weighted by Gasteiger charge is 2.20. The maximum absolute atomic E-state index is 11.8. The quantitative estimate of drug-likeness (QED) is 0.674. The molecule has 0 spiro atoms. The zero-order valence-corrected chi connectivity index (χ0v) is 11.9. The van der Waals surface area contributed by atoms with E-state index < -0.39 is 10.5 Å². The second-order valence-electron chi connectivity index (χ2n) is 4.10. The van der Waals surface area contributed by atoms with Gasteiger partial charge in [-0.05, 0) is 25.1 Å². The molecule has 1 aromatic carbocycles. The largest absolute Gasteiger partial charge is 0.325 e. The van der Waals surface area contributed by atoms with Crippen molar-refractivity contribution in [2.75, 3.05) is 0 Å². The monoisotopic (exact) mass is 333 g/mol. The van der Waals surface area contributed by atoms with Gasteiger partial charge in [-0.2, -0.15) is 5.26 Å². The van der Waals surface area contributed by atoms with Crippen molar-refractivity contribution >= 4 is 21.6 Å². The number of nitro benzene ring substituents is 1. The fourth-order valence-corrected chi connectivity index (χ4v) is 2.24. The van der Waals surface area contributed by atoms with Crippen LogP contribution in [-0.2, 0) is 0 Å². The average Bonchev–Trinajstić information content (AvgIpc) is 2.37. The number of H-pyrrole nitrogens is 1. The normalized spacial score (nSPS) is 10.1. The van der Waals surface area contributed by atoms with Crippen LogP contribution in [0.15, 0.2) is 33.5 Å². The molecule has 2 aromatic rings. The van der Waals surface area contributed by atoms with Gasteiger partial charge in [0, 0.05) is 21.8 Å². The maximum atomic E-state index is 11.8. The smallest absolute Gasteiger partial charge is 0.278 e. The van der Waals surface area contributed by atoms with Crippen molar-refractivity contribution in [1.29, 1.82) is 5.26 Å². The van der Waals surface area contributed by atoms with E-state index >= 15 is 0 Å². The molecule has 7 heteroatoms. The Morgan fingerprint density at radius 2 is 2.05 bits per heavy atom. The molecular formula is C13H8BrN3O3. The number of nitro groups is 1. The Morgan fingerprint density at radius 1 is 1.35 bits per heavy atom. The third-order valence-electron chi connectivity index (χ3n) is 2.73. The van der Waals surface area contributed by atoms with Gasteiger partial charge in [0.1, 0.15) is 11.6 Å². The molecule has 0 unspecified atom stereocenters. The molecule has 6 nitrogen and oxygen atoms in total. The predicted molar refractivity (Wildman–Crippen MR) is 76.3 cm³/mol. The number of halogens is 1. The topological polar surface area (TPSA) is 99.8 Å². The zero-order valence-electron chi connectivity index (χ0n) is 10.3. The number of rotatable bonds is 2. The van der Waals surface area contributed by atoms with E-state index in [0.29, 0.717) is 10.2 Å². The number of pyridine rings is 1. The molecule has 0 amide bonds. The van der Waals surface area contributed by atoms with E-state index in [9.17, 15) is 14.9 Å². The summed E-state index contributed by atoms with van der Waals surface area (Å²) in [5.41, 5.74) is 0.166. The number of aromatic nitrogens is 1. The standard InChI is InChI=1S/C13H8BrN3O3/c1-7-4-10(11(6-15)13(18)16-7)9-3-2-8(14)5-12(9)17(19)20/h2-5H,1H3,(H,16,18). The summed E-state index contributed by atoms with van der Waals surface area (Å²) < 4.78 is 0.549. The second-order valence-corrected chi connectivity index (χ2v) is 5.02. The number of hydrogen-bond donors (Lipinski definition) is 1. The van der Waals surface area contributed by atoms with Gasteiger partial charge in [0.2, 0.25) is 0 Å². The molecule has 20 heavy (non-hydrogen) atoms. The number of aromatic amines is 1. The molecule has 1 heterocycles. The van der Waals surface area contributed by atoms with Crippen molar-refractivity contribution < 1.29 is 4.92 Å². The van der Waals surface area contributed by atoms with Crippen LogP contribution in [0.5, 0.6) is 0 Å². The van der Waals surface area contributed by atoms with Crippen LogP contribution < -0.4 is 5.56 Å². The minimum Gasteiger partial charge on any atom is -0.325 e. The Labute approximate surface area is 122 Å². The first-order valence-corrected chi connectivity index (χ1v) is 6.31. The molecule has 2 rings (SSSR count). The van der Waals surface area contributed by atoms with E-state index in [1.54, 1.807) is 25.1 Å². The Balaban J connectivity index is 2.85. The van der Waals surface area contributed by atoms with Crippen LogP contribution in [0.3, 0.4) is 0 Å². The molecule has 0 radical (unpaired) electrons. The van der Waals surface area contributed by atoms with Crippen LogP contribution >= 0.6 is 15.9 Å². The molecule has 0 aliphatic heterocycles. The minimum absolute atomic E-state index is 0.138. The first-order chi connectivity index (χ1) is 9.43. The summed E-state index contributed by atoms with van der Waals surface area (Å²) >= 11 is 3.16. The van der Waals surface area contributed by atoms with E-state index in [0.717, 1.165) is 0 Å². The number of nitrogens with zero attached hydrogens (tertiary/aromatic N) is 2. The Kier molecular flexibility index (Phi) is 3.68. The number of nitriles is 1. The van der Waals surface area contributed by atoms with Crippen LogP contribution in [0, 0.1) is 28.4 Å². The lowest BCUT2D eigenvalue weighted by molar-refractivity contribution is -0.384. The summed E-state index contributed by atoms with van der Waals surface area (Å²) in [5.74, 6) is 0. The molecule has 0 saturated heterocycles. The Morgan fingerprint density at radius 3 is 2.65 bits per heavy atom. The Hall–Kier alpha value is -2.46. The molecule has 0 aliphatic rings. The number of nitrogens with one attached hydrogen (secondary N) is 1. The van der Waals surface area contributed by atoms with Gasteiger partial charge >= 0.3 is 0 Å². The fraction of sp³-hybridized carbons (Fsp3) is 0.0769. The van der Waals surface area contributed by atoms with E-state index in [1.165, 1.54) is 12.1 Å². The highest BCUT2D eigenvalue weighted by molar-refractivity contribution is 9.10. The highest BCUT2D eigenvalue weighted by atomic mass is 79.9.